The number of carbonyl (C=O) groups is 2. The molecule has 2 unspecified atom stereocenters. The summed E-state index contributed by atoms with van der Waals surface area (Å²) in [7, 11) is 0. The lowest BCUT2D eigenvalue weighted by Gasteiger charge is -2.34. The van der Waals surface area contributed by atoms with Crippen molar-refractivity contribution >= 4 is 35.1 Å². The highest BCUT2D eigenvalue weighted by Gasteiger charge is 2.25. The molecule has 1 fully saturated rings. The Bertz CT molecular complexity index is 740. The number of hydrogen-bond donors (Lipinski definition) is 1. The van der Waals surface area contributed by atoms with Gasteiger partial charge < -0.3 is 19.5 Å². The van der Waals surface area contributed by atoms with Crippen LogP contribution >= 0.6 is 23.2 Å². The van der Waals surface area contributed by atoms with Crippen LogP contribution < -0.4 is 0 Å². The van der Waals surface area contributed by atoms with E-state index in [2.05, 4.69) is 0 Å². The van der Waals surface area contributed by atoms with Crippen molar-refractivity contribution in [1.29, 1.82) is 0 Å². The molecule has 1 saturated heterocycles. The monoisotopic (exact) mass is 471 g/mol. The Morgan fingerprint density at radius 1 is 1.39 bits per heavy atom. The smallest absolute Gasteiger partial charge is 0.333 e. The third-order valence-corrected chi connectivity index (χ3v) is 5.28. The number of aliphatic hydroxyl groups is 1. The molecule has 2 rings (SSSR count). The molecule has 0 radical (unpaired) electrons. The van der Waals surface area contributed by atoms with Gasteiger partial charge in [0, 0.05) is 31.0 Å². The fourth-order valence-electron chi connectivity index (χ4n) is 3.52. The number of esters is 1. The first-order chi connectivity index (χ1) is 14.8. The highest BCUT2D eigenvalue weighted by atomic mass is 35.5. The van der Waals surface area contributed by atoms with Crippen molar-refractivity contribution in [3.63, 3.8) is 0 Å². The topological polar surface area (TPSA) is 76.1 Å². The van der Waals surface area contributed by atoms with Gasteiger partial charge in [-0.3, -0.25) is 4.79 Å². The Morgan fingerprint density at radius 2 is 2.19 bits per heavy atom. The van der Waals surface area contributed by atoms with Crippen LogP contribution in [-0.2, 0) is 25.5 Å². The molecular weight excluding hydrogens is 441 g/mol. The van der Waals surface area contributed by atoms with Crippen molar-refractivity contribution in [3.05, 3.63) is 47.0 Å². The van der Waals surface area contributed by atoms with Crippen LogP contribution in [0.25, 0.3) is 0 Å². The molecule has 0 saturated carbocycles. The van der Waals surface area contributed by atoms with E-state index in [1.807, 2.05) is 29.2 Å². The highest BCUT2D eigenvalue weighted by molar-refractivity contribution is 6.30. The molecule has 0 bridgehead atoms. The first-order valence-corrected chi connectivity index (χ1v) is 11.5. The second-order valence-corrected chi connectivity index (χ2v) is 8.68. The summed E-state index contributed by atoms with van der Waals surface area (Å²) in [6.07, 6.45) is 7.30. The number of piperidine rings is 1. The Morgan fingerprint density at radius 3 is 2.94 bits per heavy atom. The third-order valence-electron chi connectivity index (χ3n) is 4.95. The second kappa shape index (κ2) is 13.7. The Labute approximate surface area is 194 Å². The number of carbonyl (C=O) groups excluding carboxylic acids is 2. The molecular formula is C23H31Cl2NO5. The molecule has 1 aliphatic heterocycles. The maximum atomic E-state index is 12.4. The van der Waals surface area contributed by atoms with Crippen LogP contribution in [0.2, 0.25) is 5.02 Å². The number of alkyl halides is 1. The minimum Gasteiger partial charge on any atom is -0.445 e. The summed E-state index contributed by atoms with van der Waals surface area (Å²) in [6, 6.07) is 7.41. The van der Waals surface area contributed by atoms with E-state index in [1.165, 1.54) is 0 Å². The Balaban J connectivity index is 1.75. The van der Waals surface area contributed by atoms with Crippen LogP contribution in [0.15, 0.2) is 36.4 Å². The zero-order valence-corrected chi connectivity index (χ0v) is 19.4. The van der Waals surface area contributed by atoms with Gasteiger partial charge in [-0.25, -0.2) is 4.79 Å². The molecule has 1 aliphatic rings. The van der Waals surface area contributed by atoms with Crippen molar-refractivity contribution in [2.24, 2.45) is 0 Å². The van der Waals surface area contributed by atoms with Crippen LogP contribution in [0, 0.1) is 0 Å². The van der Waals surface area contributed by atoms with Crippen molar-refractivity contribution in [2.45, 2.75) is 63.2 Å². The summed E-state index contributed by atoms with van der Waals surface area (Å²) in [4.78, 5) is 25.6. The van der Waals surface area contributed by atoms with Crippen molar-refractivity contribution in [2.75, 3.05) is 19.8 Å². The van der Waals surface area contributed by atoms with Gasteiger partial charge in [0.1, 0.15) is 6.61 Å². The zero-order valence-electron chi connectivity index (χ0n) is 17.8. The molecule has 3 atom stereocenters. The van der Waals surface area contributed by atoms with Gasteiger partial charge in [-0.1, -0.05) is 47.5 Å². The van der Waals surface area contributed by atoms with Crippen LogP contribution in [0.3, 0.4) is 0 Å². The standard InChI is InChI=1S/C23H31Cl2NO5/c1-17(24)31-23(29)16-30-13-3-2-12-26-20(8-5-9-22(26)28)10-11-21(27)15-18-6-4-7-19(25)14-18/h4,6-7,10-11,14,17,20-21,27H,2-3,5,8-9,12-13,15-16H2,1H3/t17?,20-,21?/m1/s1. The quantitative estimate of drug-likeness (QED) is 0.215. The largest absolute Gasteiger partial charge is 0.445 e. The second-order valence-electron chi connectivity index (χ2n) is 7.63. The molecule has 1 heterocycles. The number of likely N-dealkylation sites (tertiary alicyclic amines) is 1. The Hall–Kier alpha value is -1.60. The van der Waals surface area contributed by atoms with Crippen molar-refractivity contribution in [3.8, 4) is 0 Å². The van der Waals surface area contributed by atoms with E-state index in [0.29, 0.717) is 31.0 Å². The van der Waals surface area contributed by atoms with Crippen molar-refractivity contribution in [1.82, 2.24) is 4.90 Å². The average molecular weight is 472 g/mol. The van der Waals surface area contributed by atoms with E-state index < -0.39 is 17.6 Å². The number of unbranched alkanes of at least 4 members (excludes halogenated alkanes) is 1. The summed E-state index contributed by atoms with van der Waals surface area (Å²) >= 11 is 11.6. The maximum Gasteiger partial charge on any atom is 0.333 e. The lowest BCUT2D eigenvalue weighted by molar-refractivity contribution is -0.150. The molecule has 0 aromatic heterocycles. The van der Waals surface area contributed by atoms with Gasteiger partial charge in [-0.2, -0.15) is 0 Å². The zero-order chi connectivity index (χ0) is 22.6. The fraction of sp³-hybridized carbons (Fsp3) is 0.565. The predicted octanol–water partition coefficient (Wildman–Crippen LogP) is 4.11. The van der Waals surface area contributed by atoms with Gasteiger partial charge in [-0.15, -0.1) is 0 Å². The number of ether oxygens (including phenoxy) is 2. The molecule has 6 nitrogen and oxygen atoms in total. The number of halogens is 2. The first kappa shape index (κ1) is 25.7. The van der Waals surface area contributed by atoms with Gasteiger partial charge in [0.15, 0.2) is 5.56 Å². The lowest BCUT2D eigenvalue weighted by atomic mass is 9.99. The SMILES string of the molecule is CC(Cl)OC(=O)COCCCCN1C(=O)CCC[C@@H]1C=CC(O)Cc1cccc(Cl)c1. The van der Waals surface area contributed by atoms with Crippen LogP contribution in [0.4, 0.5) is 0 Å². The average Bonchev–Trinajstić information content (AvgIpc) is 2.69. The van der Waals surface area contributed by atoms with Gasteiger partial charge >= 0.3 is 5.97 Å². The number of nitrogens with zero attached hydrogens (tertiary/aromatic N) is 1. The van der Waals surface area contributed by atoms with Crippen LogP contribution in [0.1, 0.15) is 44.6 Å². The number of rotatable bonds is 12. The molecule has 0 aliphatic carbocycles. The molecule has 1 aromatic carbocycles. The maximum absolute atomic E-state index is 12.4. The minimum atomic E-state index is -0.671. The van der Waals surface area contributed by atoms with E-state index in [0.717, 1.165) is 31.2 Å². The Kier molecular flexibility index (Phi) is 11.4. The first-order valence-electron chi connectivity index (χ1n) is 10.7. The van der Waals surface area contributed by atoms with Gasteiger partial charge in [0.25, 0.3) is 0 Å². The van der Waals surface area contributed by atoms with Crippen LogP contribution in [0.5, 0.6) is 0 Å². The molecule has 1 N–H and O–H groups in total. The number of hydrogen-bond acceptors (Lipinski definition) is 5. The van der Waals surface area contributed by atoms with Crippen LogP contribution in [-0.4, -0.2) is 59.4 Å². The normalized spacial score (nSPS) is 18.9. The summed E-state index contributed by atoms with van der Waals surface area (Å²) < 4.78 is 10.1. The van der Waals surface area contributed by atoms with E-state index in [-0.39, 0.29) is 18.6 Å². The molecule has 1 amide bonds. The molecule has 172 valence electrons. The van der Waals surface area contributed by atoms with E-state index in [4.69, 9.17) is 32.7 Å². The third kappa shape index (κ3) is 10.0. The summed E-state index contributed by atoms with van der Waals surface area (Å²) in [5.41, 5.74) is 0.292. The van der Waals surface area contributed by atoms with Gasteiger partial charge in [0.05, 0.1) is 12.1 Å². The van der Waals surface area contributed by atoms with E-state index in [9.17, 15) is 14.7 Å². The predicted molar refractivity (Wildman–Crippen MR) is 121 cm³/mol. The molecule has 8 heteroatoms. The minimum absolute atomic E-state index is 0.0173. The number of aliphatic hydroxyl groups excluding tert-OH is 1. The van der Waals surface area contributed by atoms with Gasteiger partial charge in [-0.05, 0) is 50.3 Å². The molecule has 0 spiro atoms. The van der Waals surface area contributed by atoms with Crippen molar-refractivity contribution < 1.29 is 24.2 Å². The number of amides is 1. The molecule has 31 heavy (non-hydrogen) atoms. The van der Waals surface area contributed by atoms with E-state index in [1.54, 1.807) is 19.1 Å². The summed E-state index contributed by atoms with van der Waals surface area (Å²) in [5.74, 6) is -0.360. The number of benzene rings is 1. The lowest BCUT2D eigenvalue weighted by Crippen LogP contribution is -2.43. The highest BCUT2D eigenvalue weighted by Crippen LogP contribution is 2.21. The molecule has 1 aromatic rings. The fourth-order valence-corrected chi connectivity index (χ4v) is 3.84. The van der Waals surface area contributed by atoms with E-state index >= 15 is 0 Å². The summed E-state index contributed by atoms with van der Waals surface area (Å²) in [5, 5.41) is 11.0. The summed E-state index contributed by atoms with van der Waals surface area (Å²) in [6.45, 7) is 2.46. The van der Waals surface area contributed by atoms with Gasteiger partial charge in [0.2, 0.25) is 5.91 Å².